The van der Waals surface area contributed by atoms with Crippen LogP contribution in [0.3, 0.4) is 0 Å². The van der Waals surface area contributed by atoms with Crippen molar-refractivity contribution in [1.82, 2.24) is 0 Å². The zero-order chi connectivity index (χ0) is 5.66. The van der Waals surface area contributed by atoms with E-state index in [1.54, 1.807) is 0 Å². The molecule has 0 saturated carbocycles. The first-order valence-electron chi connectivity index (χ1n) is 3.30. The molecule has 0 aliphatic heterocycles. The van der Waals surface area contributed by atoms with Gasteiger partial charge in [0.05, 0.1) is 0 Å². The zero-order valence-electron chi connectivity index (χ0n) is 5.55. The summed E-state index contributed by atoms with van der Waals surface area (Å²) in [7, 11) is 0. The molecule has 0 aromatic rings. The van der Waals surface area contributed by atoms with E-state index >= 15 is 0 Å². The molecular weight excluding hydrogens is 223 g/mol. The highest BCUT2D eigenvalue weighted by atomic mass is 127. The quantitative estimate of drug-likeness (QED) is 0.447. The summed E-state index contributed by atoms with van der Waals surface area (Å²) >= 11 is 0. The van der Waals surface area contributed by atoms with Crippen LogP contribution in [0.5, 0.6) is 0 Å². The van der Waals surface area contributed by atoms with Crippen molar-refractivity contribution < 1.29 is 0 Å². The van der Waals surface area contributed by atoms with Crippen molar-refractivity contribution in [2.75, 3.05) is 0 Å². The van der Waals surface area contributed by atoms with Crippen molar-refractivity contribution in [2.24, 2.45) is 0 Å². The normalized spacial score (nSPS) is 17.8. The molecule has 0 N–H and O–H groups in total. The lowest BCUT2D eigenvalue weighted by molar-refractivity contribution is 0.962. The Hall–Kier alpha value is 0.210. The van der Waals surface area contributed by atoms with Gasteiger partial charge >= 0.3 is 0 Å². The van der Waals surface area contributed by atoms with Crippen molar-refractivity contribution in [2.45, 2.75) is 25.7 Å². The molecule has 1 aliphatic rings. The van der Waals surface area contributed by atoms with Crippen LogP contribution in [0, 0.1) is 0 Å². The second-order valence-corrected chi connectivity index (χ2v) is 2.10. The average molecular weight is 236 g/mol. The van der Waals surface area contributed by atoms with Crippen molar-refractivity contribution in [3.05, 3.63) is 24.3 Å². The number of halogens is 1. The Bertz CT molecular complexity index is 77.1. The van der Waals surface area contributed by atoms with Gasteiger partial charge < -0.3 is 0 Å². The van der Waals surface area contributed by atoms with Gasteiger partial charge in [0.15, 0.2) is 0 Å². The Morgan fingerprint density at radius 3 is 1.00 bits per heavy atom. The van der Waals surface area contributed by atoms with Crippen LogP contribution in [0.15, 0.2) is 24.3 Å². The molecule has 0 unspecified atom stereocenters. The minimum atomic E-state index is 0. The Balaban J connectivity index is 0.000000640. The first-order valence-corrected chi connectivity index (χ1v) is 3.30. The molecule has 1 aliphatic carbocycles. The first-order chi connectivity index (χ1) is 4.00. The smallest absolute Gasteiger partial charge is 0.0316 e. The Labute approximate surface area is 74.1 Å². The first kappa shape index (κ1) is 9.21. The van der Waals surface area contributed by atoms with Crippen LogP contribution >= 0.6 is 24.0 Å². The third-order valence-corrected chi connectivity index (χ3v) is 1.33. The van der Waals surface area contributed by atoms with Crippen LogP contribution in [0.4, 0.5) is 0 Å². The number of hydrogen-bond acceptors (Lipinski definition) is 0. The second-order valence-electron chi connectivity index (χ2n) is 2.10. The van der Waals surface area contributed by atoms with Gasteiger partial charge in [-0.2, -0.15) is 0 Å². The third-order valence-electron chi connectivity index (χ3n) is 1.33. The molecule has 0 nitrogen and oxygen atoms in total. The highest BCUT2D eigenvalue weighted by Crippen LogP contribution is 2.02. The maximum absolute atomic E-state index is 2.27. The van der Waals surface area contributed by atoms with E-state index in [0.29, 0.717) is 0 Å². The largest absolute Gasteiger partial charge is 0.107 e. The predicted octanol–water partition coefficient (Wildman–Crippen LogP) is 3.29. The lowest BCUT2D eigenvalue weighted by atomic mass is 10.1. The summed E-state index contributed by atoms with van der Waals surface area (Å²) in [5.41, 5.74) is 0. The maximum Gasteiger partial charge on any atom is -0.0316 e. The summed E-state index contributed by atoms with van der Waals surface area (Å²) in [6.07, 6.45) is 14.0. The van der Waals surface area contributed by atoms with Crippen LogP contribution in [0.2, 0.25) is 0 Å². The van der Waals surface area contributed by atoms with Gasteiger partial charge in [-0.05, 0) is 25.7 Å². The van der Waals surface area contributed by atoms with Gasteiger partial charge in [0.25, 0.3) is 0 Å². The summed E-state index contributed by atoms with van der Waals surface area (Å²) in [6, 6.07) is 0. The molecule has 0 heterocycles. The number of hydrogen-bond donors (Lipinski definition) is 0. The van der Waals surface area contributed by atoms with Gasteiger partial charge in [0.1, 0.15) is 0 Å². The van der Waals surface area contributed by atoms with E-state index in [2.05, 4.69) is 24.3 Å². The van der Waals surface area contributed by atoms with Crippen molar-refractivity contribution >= 4 is 24.0 Å². The average Bonchev–Trinajstić information content (AvgIpc) is 1.62. The second kappa shape index (κ2) is 6.33. The molecule has 0 amide bonds. The third kappa shape index (κ3) is 4.70. The Morgan fingerprint density at radius 1 is 0.556 bits per heavy atom. The van der Waals surface area contributed by atoms with Crippen molar-refractivity contribution in [3.63, 3.8) is 0 Å². The van der Waals surface area contributed by atoms with Crippen LogP contribution in [-0.4, -0.2) is 0 Å². The Morgan fingerprint density at radius 2 is 0.778 bits per heavy atom. The van der Waals surface area contributed by atoms with Gasteiger partial charge in [-0.3, -0.25) is 0 Å². The van der Waals surface area contributed by atoms with Crippen LogP contribution in [0.25, 0.3) is 0 Å². The molecule has 0 radical (unpaired) electrons. The minimum Gasteiger partial charge on any atom is -0.107 e. The molecule has 0 spiro atoms. The monoisotopic (exact) mass is 236 g/mol. The van der Waals surface area contributed by atoms with E-state index in [1.165, 1.54) is 25.7 Å². The van der Waals surface area contributed by atoms with Gasteiger partial charge in [0, 0.05) is 0 Å². The molecule has 0 saturated heterocycles. The van der Waals surface area contributed by atoms with Crippen molar-refractivity contribution in [1.29, 1.82) is 0 Å². The molecule has 9 heavy (non-hydrogen) atoms. The molecule has 0 bridgehead atoms. The number of allylic oxidation sites excluding steroid dienone is 4. The van der Waals surface area contributed by atoms with Gasteiger partial charge in [-0.1, -0.05) is 24.3 Å². The van der Waals surface area contributed by atoms with Crippen LogP contribution in [0.1, 0.15) is 25.7 Å². The molecule has 52 valence electrons. The molecule has 1 heteroatoms. The fourth-order valence-corrected chi connectivity index (χ4v) is 0.856. The Kier molecular flexibility index (Phi) is 6.48. The molecule has 0 aromatic carbocycles. The lowest BCUT2D eigenvalue weighted by Gasteiger charge is -1.92. The predicted molar refractivity (Wildman–Crippen MR) is 52.2 cm³/mol. The molecular formula is C8H13I. The highest BCUT2D eigenvalue weighted by Gasteiger charge is 1.81. The fraction of sp³-hybridized carbons (Fsp3) is 0.500. The molecule has 0 aromatic heterocycles. The maximum atomic E-state index is 2.27. The summed E-state index contributed by atoms with van der Waals surface area (Å²) in [5, 5.41) is 0. The van der Waals surface area contributed by atoms with Gasteiger partial charge in [-0.25, -0.2) is 0 Å². The van der Waals surface area contributed by atoms with E-state index in [-0.39, 0.29) is 24.0 Å². The lowest BCUT2D eigenvalue weighted by Crippen LogP contribution is -1.71. The van der Waals surface area contributed by atoms with Crippen LogP contribution < -0.4 is 0 Å². The molecule has 0 atom stereocenters. The zero-order valence-corrected chi connectivity index (χ0v) is 7.88. The summed E-state index contributed by atoms with van der Waals surface area (Å²) in [6.45, 7) is 0. The van der Waals surface area contributed by atoms with E-state index in [1.807, 2.05) is 0 Å². The van der Waals surface area contributed by atoms with E-state index < -0.39 is 0 Å². The summed E-state index contributed by atoms with van der Waals surface area (Å²) in [5.74, 6) is 0. The van der Waals surface area contributed by atoms with Crippen LogP contribution in [-0.2, 0) is 0 Å². The summed E-state index contributed by atoms with van der Waals surface area (Å²) in [4.78, 5) is 0. The highest BCUT2D eigenvalue weighted by molar-refractivity contribution is 14.0. The van der Waals surface area contributed by atoms with E-state index in [9.17, 15) is 0 Å². The minimum absolute atomic E-state index is 0. The van der Waals surface area contributed by atoms with Gasteiger partial charge in [0.2, 0.25) is 0 Å². The van der Waals surface area contributed by atoms with E-state index in [0.717, 1.165) is 0 Å². The fourth-order valence-electron chi connectivity index (χ4n) is 0.856. The molecule has 1 rings (SSSR count). The van der Waals surface area contributed by atoms with Crippen molar-refractivity contribution in [3.8, 4) is 0 Å². The van der Waals surface area contributed by atoms with E-state index in [4.69, 9.17) is 0 Å². The number of rotatable bonds is 0. The molecule has 0 fully saturated rings. The standard InChI is InChI=1S/C8H12.HI/c1-2-4-6-8-7-5-3-1;/h1-2,7-8H,3-6H2;1H. The SMILES string of the molecule is C1=CCCC=CCC1.I. The summed E-state index contributed by atoms with van der Waals surface area (Å²) < 4.78 is 0. The van der Waals surface area contributed by atoms with Gasteiger partial charge in [-0.15, -0.1) is 24.0 Å². The topological polar surface area (TPSA) is 0 Å².